The maximum Gasteiger partial charge on any atom is 0.416 e. The number of hydrogen-bond donors (Lipinski definition) is 2. The molecule has 11 nitrogen and oxygen atoms in total. The number of cyclic esters (lactones) is 1. The molecule has 3 aliphatic heterocycles. The van der Waals surface area contributed by atoms with Crippen molar-refractivity contribution in [2.45, 2.75) is 24.7 Å². The summed E-state index contributed by atoms with van der Waals surface area (Å²) >= 11 is 0. The number of benzene rings is 3. The molecule has 1 aliphatic carbocycles. The third-order valence-electron chi connectivity index (χ3n) is 8.99. The lowest BCUT2D eigenvalue weighted by atomic mass is 9.65. The molecule has 3 heterocycles. The molecule has 3 aromatic rings. The lowest BCUT2D eigenvalue weighted by molar-refractivity contribution is -0.142. The number of methoxy groups -OCH3 is 2. The second kappa shape index (κ2) is 11.1. The molecule has 2 N–H and O–H groups in total. The Labute approximate surface area is 265 Å². The van der Waals surface area contributed by atoms with Gasteiger partial charge in [0.05, 0.1) is 44.9 Å². The number of carbonyl (C=O) groups is 3. The smallest absolute Gasteiger partial charge is 0.416 e. The van der Waals surface area contributed by atoms with Crippen molar-refractivity contribution in [1.82, 2.24) is 10.2 Å². The van der Waals surface area contributed by atoms with Crippen molar-refractivity contribution in [3.05, 3.63) is 88.1 Å². The van der Waals surface area contributed by atoms with Gasteiger partial charge in [-0.05, 0) is 58.7 Å². The number of nitrogens with one attached hydrogen (secondary N) is 1. The number of fused-ring (bicyclic) bond motifs is 3. The topological polar surface area (TPSA) is 133 Å². The van der Waals surface area contributed by atoms with Gasteiger partial charge in [-0.3, -0.25) is 19.3 Å². The number of rotatable bonds is 7. The summed E-state index contributed by atoms with van der Waals surface area (Å²) in [6.07, 6.45) is -3.39. The number of esters is 1. The van der Waals surface area contributed by atoms with Gasteiger partial charge in [0.2, 0.25) is 12.5 Å². The molecule has 4 aliphatic rings. The molecule has 0 saturated carbocycles. The molecule has 3 aromatic carbocycles. The van der Waals surface area contributed by atoms with Crippen molar-refractivity contribution in [1.29, 1.82) is 0 Å². The third kappa shape index (κ3) is 5.04. The molecule has 2 amide bonds. The van der Waals surface area contributed by atoms with E-state index in [-0.39, 0.29) is 42.9 Å². The molecule has 47 heavy (non-hydrogen) atoms. The third-order valence-corrected chi connectivity index (χ3v) is 8.99. The fraction of sp³-hybridized carbons (Fsp3) is 0.303. The van der Waals surface area contributed by atoms with Crippen LogP contribution in [0.15, 0.2) is 60.3 Å². The van der Waals surface area contributed by atoms with Crippen molar-refractivity contribution in [2.24, 2.45) is 11.8 Å². The summed E-state index contributed by atoms with van der Waals surface area (Å²) in [7, 11) is 2.79. The number of alkyl halides is 3. The average molecular weight is 653 g/mol. The van der Waals surface area contributed by atoms with E-state index < -0.39 is 53.3 Å². The summed E-state index contributed by atoms with van der Waals surface area (Å²) < 4.78 is 66.8. The number of halogens is 3. The van der Waals surface area contributed by atoms with Gasteiger partial charge in [-0.15, -0.1) is 0 Å². The predicted octanol–water partition coefficient (Wildman–Crippen LogP) is 4.18. The minimum atomic E-state index is -4.52. The number of phenolic OH excluding ortho intramolecular Hbond substituents is 1. The minimum absolute atomic E-state index is 0.00257. The quantitative estimate of drug-likeness (QED) is 0.283. The predicted molar refractivity (Wildman–Crippen MR) is 155 cm³/mol. The van der Waals surface area contributed by atoms with Gasteiger partial charge in [0.25, 0.3) is 11.8 Å². The van der Waals surface area contributed by atoms with Crippen LogP contribution < -0.4 is 24.3 Å². The van der Waals surface area contributed by atoms with Gasteiger partial charge in [0.15, 0.2) is 23.0 Å². The van der Waals surface area contributed by atoms with Crippen LogP contribution in [0.1, 0.15) is 39.8 Å². The standard InChI is InChI=1S/C33H27F3N2O9/c1-43-24-7-16(8-25(44-2)30(24)40)27-18-9-22-23(47-14-46-22)10-19(18)29(20-13-45-32(42)28(20)27)37-21-11-26(39)38(31(21)41)12-15-3-5-17(6-4-15)33(34,35)36/h3-11,20,27-29,37,40H,12-14H2,1-2H3. The lowest BCUT2D eigenvalue weighted by Gasteiger charge is -2.40. The SMILES string of the molecule is COc1cc(C2c3cc4c(cc3C(NC3=CC(=O)N(Cc5ccc(C(F)(F)F)cc5)C3=O)C3COC(=O)C23)OCO4)cc(OC)c1O. The van der Waals surface area contributed by atoms with E-state index in [4.69, 9.17) is 23.7 Å². The Kier molecular flexibility index (Phi) is 7.17. The monoisotopic (exact) mass is 652 g/mol. The Balaban J connectivity index is 1.25. The highest BCUT2D eigenvalue weighted by atomic mass is 19.4. The van der Waals surface area contributed by atoms with E-state index >= 15 is 0 Å². The van der Waals surface area contributed by atoms with Crippen molar-refractivity contribution in [3.63, 3.8) is 0 Å². The van der Waals surface area contributed by atoms with Crippen LogP contribution in [0.2, 0.25) is 0 Å². The molecule has 1 saturated heterocycles. The fourth-order valence-corrected chi connectivity index (χ4v) is 6.75. The largest absolute Gasteiger partial charge is 0.502 e. The highest BCUT2D eigenvalue weighted by Crippen LogP contribution is 2.55. The van der Waals surface area contributed by atoms with Crippen LogP contribution in [0, 0.1) is 11.8 Å². The highest BCUT2D eigenvalue weighted by molar-refractivity contribution is 6.15. The van der Waals surface area contributed by atoms with Gasteiger partial charge in [-0.1, -0.05) is 12.1 Å². The molecule has 1 fully saturated rings. The zero-order valence-corrected chi connectivity index (χ0v) is 24.9. The average Bonchev–Trinajstić information content (AvgIpc) is 3.74. The Hall–Kier alpha value is -5.40. The first-order valence-corrected chi connectivity index (χ1v) is 14.5. The Morgan fingerprint density at radius 2 is 1.57 bits per heavy atom. The molecule has 0 bridgehead atoms. The zero-order chi connectivity index (χ0) is 33.2. The summed E-state index contributed by atoms with van der Waals surface area (Å²) in [5.41, 5.74) is 1.36. The maximum absolute atomic E-state index is 13.5. The van der Waals surface area contributed by atoms with Crippen LogP contribution >= 0.6 is 0 Å². The van der Waals surface area contributed by atoms with E-state index in [1.807, 2.05) is 0 Å². The van der Waals surface area contributed by atoms with Gasteiger partial charge in [0.1, 0.15) is 5.70 Å². The van der Waals surface area contributed by atoms with Crippen LogP contribution in [0.3, 0.4) is 0 Å². The molecule has 4 unspecified atom stereocenters. The van der Waals surface area contributed by atoms with Gasteiger partial charge in [0, 0.05) is 17.9 Å². The second-order valence-electron chi connectivity index (χ2n) is 11.5. The molecular formula is C33H27F3N2O9. The summed E-state index contributed by atoms with van der Waals surface area (Å²) in [5, 5.41) is 13.8. The lowest BCUT2D eigenvalue weighted by Crippen LogP contribution is -2.42. The number of hydrogen-bond acceptors (Lipinski definition) is 10. The maximum atomic E-state index is 13.5. The van der Waals surface area contributed by atoms with E-state index in [9.17, 15) is 32.7 Å². The summed E-state index contributed by atoms with van der Waals surface area (Å²) in [6.45, 7) is -0.256. The molecule has 244 valence electrons. The van der Waals surface area contributed by atoms with Crippen molar-refractivity contribution in [2.75, 3.05) is 27.6 Å². The molecule has 0 spiro atoms. The Morgan fingerprint density at radius 1 is 0.936 bits per heavy atom. The number of phenols is 1. The van der Waals surface area contributed by atoms with Crippen molar-refractivity contribution in [3.8, 4) is 28.7 Å². The summed E-state index contributed by atoms with van der Waals surface area (Å²) in [4.78, 5) is 40.9. The Bertz CT molecular complexity index is 1810. The number of amides is 2. The van der Waals surface area contributed by atoms with Crippen LogP contribution in [0.5, 0.6) is 28.7 Å². The summed E-state index contributed by atoms with van der Waals surface area (Å²) in [5.74, 6) is -2.74. The van der Waals surface area contributed by atoms with E-state index in [2.05, 4.69) is 5.32 Å². The van der Waals surface area contributed by atoms with E-state index in [0.717, 1.165) is 23.1 Å². The first-order chi connectivity index (χ1) is 22.5. The number of aromatic hydroxyl groups is 1. The van der Waals surface area contributed by atoms with Crippen molar-refractivity contribution >= 4 is 17.8 Å². The first-order valence-electron chi connectivity index (χ1n) is 14.5. The second-order valence-corrected chi connectivity index (χ2v) is 11.5. The molecule has 0 aromatic heterocycles. The van der Waals surface area contributed by atoms with Gasteiger partial charge >= 0.3 is 12.1 Å². The molecule has 0 radical (unpaired) electrons. The first kappa shape index (κ1) is 30.3. The number of carbonyl (C=O) groups excluding carboxylic acids is 3. The van der Waals surface area contributed by atoms with Crippen molar-refractivity contribution < 1.29 is 56.3 Å². The van der Waals surface area contributed by atoms with Gasteiger partial charge in [-0.2, -0.15) is 13.2 Å². The molecule has 14 heteroatoms. The van der Waals surface area contributed by atoms with Crippen LogP contribution in [0.4, 0.5) is 13.2 Å². The van der Waals surface area contributed by atoms with Gasteiger partial charge < -0.3 is 34.1 Å². The number of ether oxygens (including phenoxy) is 5. The summed E-state index contributed by atoms with van der Waals surface area (Å²) in [6, 6.07) is 10.3. The fourth-order valence-electron chi connectivity index (χ4n) is 6.75. The molecular weight excluding hydrogens is 625 g/mol. The highest BCUT2D eigenvalue weighted by Gasteiger charge is 2.53. The van der Waals surface area contributed by atoms with Gasteiger partial charge in [-0.25, -0.2) is 0 Å². The Morgan fingerprint density at radius 3 is 2.19 bits per heavy atom. The van der Waals surface area contributed by atoms with Crippen LogP contribution in [0.25, 0.3) is 0 Å². The van der Waals surface area contributed by atoms with E-state index in [0.29, 0.717) is 33.8 Å². The number of imide groups is 1. The number of nitrogens with zero attached hydrogens (tertiary/aromatic N) is 1. The van der Waals surface area contributed by atoms with E-state index in [1.54, 1.807) is 24.3 Å². The van der Waals surface area contributed by atoms with Crippen LogP contribution in [-0.2, 0) is 31.8 Å². The minimum Gasteiger partial charge on any atom is -0.502 e. The van der Waals surface area contributed by atoms with Crippen LogP contribution in [-0.4, -0.2) is 55.4 Å². The molecule has 7 rings (SSSR count). The molecule has 4 atom stereocenters. The normalized spacial score (nSPS) is 22.9. The zero-order valence-electron chi connectivity index (χ0n) is 24.9. The van der Waals surface area contributed by atoms with E-state index in [1.165, 1.54) is 26.4 Å².